The number of nitrogens with zero attached hydrogens (tertiary/aromatic N) is 3. The highest BCUT2D eigenvalue weighted by Gasteiger charge is 2.30. The molecule has 0 saturated carbocycles. The molecule has 0 atom stereocenters. The van der Waals surface area contributed by atoms with Crippen LogP contribution in [0, 0.1) is 5.41 Å². The minimum absolute atomic E-state index is 0. The number of rotatable bonds is 7. The number of allylic oxidation sites excluding steroid dienone is 2. The number of benzene rings is 1. The maximum Gasteiger partial charge on any atom is 0.0947 e. The van der Waals surface area contributed by atoms with Crippen molar-refractivity contribution in [1.82, 2.24) is 4.90 Å². The fraction of sp³-hybridized carbons (Fsp3) is 0.586. The second-order valence-corrected chi connectivity index (χ2v) is 10.3. The second kappa shape index (κ2) is 11.9. The van der Waals surface area contributed by atoms with Crippen LogP contribution in [-0.4, -0.2) is 57.4 Å². The highest BCUT2D eigenvalue weighted by Crippen LogP contribution is 2.45. The van der Waals surface area contributed by atoms with Gasteiger partial charge in [-0.3, -0.25) is 4.90 Å². The maximum atomic E-state index is 5.61. The molecule has 2 aliphatic heterocycles. The first-order valence-corrected chi connectivity index (χ1v) is 13.3. The summed E-state index contributed by atoms with van der Waals surface area (Å²) >= 11 is 0. The molecule has 0 radical (unpaired) electrons. The van der Waals surface area contributed by atoms with Gasteiger partial charge in [0.15, 0.2) is 0 Å². The molecule has 35 heavy (non-hydrogen) atoms. The topological polar surface area (TPSA) is 32.1 Å². The predicted molar refractivity (Wildman–Crippen MR) is 148 cm³/mol. The summed E-state index contributed by atoms with van der Waals surface area (Å²) in [6.07, 6.45) is 12.5. The lowest BCUT2D eigenvalue weighted by Crippen LogP contribution is -2.46. The Balaban J connectivity index is 0.00000289. The first-order chi connectivity index (χ1) is 16.7. The summed E-state index contributed by atoms with van der Waals surface area (Å²) in [7, 11) is 0. The van der Waals surface area contributed by atoms with Gasteiger partial charge in [0.2, 0.25) is 0 Å². The predicted octanol–water partition coefficient (Wildman–Crippen LogP) is 6.23. The molecule has 0 spiro atoms. The molecular weight excluding hydrogens is 458 g/mol. The summed E-state index contributed by atoms with van der Waals surface area (Å²) in [5.41, 5.74) is 7.57. The Morgan fingerprint density at radius 2 is 1.69 bits per heavy atom. The zero-order valence-corrected chi connectivity index (χ0v) is 22.3. The first-order valence-electron chi connectivity index (χ1n) is 13.3. The molecule has 192 valence electrons. The van der Waals surface area contributed by atoms with Gasteiger partial charge < -0.3 is 19.0 Å². The van der Waals surface area contributed by atoms with Crippen molar-refractivity contribution in [2.75, 3.05) is 62.3 Å². The molecule has 0 unspecified atom stereocenters. The van der Waals surface area contributed by atoms with Crippen molar-refractivity contribution in [1.29, 1.82) is 0 Å². The third-order valence-electron chi connectivity index (χ3n) is 8.61. The maximum absolute atomic E-state index is 5.61. The fourth-order valence-corrected chi connectivity index (χ4v) is 5.94. The van der Waals surface area contributed by atoms with E-state index < -0.39 is 0 Å². The Morgan fingerprint density at radius 1 is 0.914 bits per heavy atom. The van der Waals surface area contributed by atoms with Gasteiger partial charge in [-0.2, -0.15) is 0 Å². The summed E-state index contributed by atoms with van der Waals surface area (Å²) in [5.74, 6) is 0. The van der Waals surface area contributed by atoms with E-state index in [1.54, 1.807) is 11.8 Å². The van der Waals surface area contributed by atoms with E-state index in [0.717, 1.165) is 59.0 Å². The van der Waals surface area contributed by atoms with Gasteiger partial charge in [-0.05, 0) is 54.5 Å². The van der Waals surface area contributed by atoms with Crippen molar-refractivity contribution >= 4 is 29.4 Å². The molecule has 3 heterocycles. The Kier molecular flexibility index (Phi) is 8.85. The van der Waals surface area contributed by atoms with Gasteiger partial charge in [-0.1, -0.05) is 32.8 Å². The zero-order valence-electron chi connectivity index (χ0n) is 21.5. The number of hydrogen-bond donors (Lipinski definition) is 0. The molecule has 1 aromatic carbocycles. The van der Waals surface area contributed by atoms with Crippen LogP contribution in [0.25, 0.3) is 5.57 Å². The van der Waals surface area contributed by atoms with Crippen molar-refractivity contribution in [3.05, 3.63) is 54.0 Å². The van der Waals surface area contributed by atoms with Crippen LogP contribution < -0.4 is 9.80 Å². The molecular formula is C29H42ClN3O2. The van der Waals surface area contributed by atoms with E-state index in [4.69, 9.17) is 9.15 Å². The van der Waals surface area contributed by atoms with Crippen LogP contribution in [0.15, 0.2) is 47.3 Å². The van der Waals surface area contributed by atoms with Crippen LogP contribution in [0.3, 0.4) is 0 Å². The Bertz CT molecular complexity index is 956. The summed E-state index contributed by atoms with van der Waals surface area (Å²) in [5, 5.41) is 0. The van der Waals surface area contributed by atoms with E-state index in [-0.39, 0.29) is 12.4 Å². The van der Waals surface area contributed by atoms with E-state index >= 15 is 0 Å². The molecule has 2 saturated heterocycles. The average molecular weight is 500 g/mol. The van der Waals surface area contributed by atoms with E-state index in [2.05, 4.69) is 58.9 Å². The molecule has 6 heteroatoms. The van der Waals surface area contributed by atoms with Crippen molar-refractivity contribution in [2.45, 2.75) is 52.5 Å². The van der Waals surface area contributed by atoms with Gasteiger partial charge in [0.1, 0.15) is 0 Å². The largest absolute Gasteiger partial charge is 0.472 e. The van der Waals surface area contributed by atoms with Gasteiger partial charge in [0, 0.05) is 68.3 Å². The lowest BCUT2D eigenvalue weighted by Gasteiger charge is -2.39. The van der Waals surface area contributed by atoms with Crippen molar-refractivity contribution in [3.63, 3.8) is 0 Å². The Hall–Kier alpha value is -1.95. The summed E-state index contributed by atoms with van der Waals surface area (Å²) in [6, 6.07) is 9.30. The molecule has 0 amide bonds. The average Bonchev–Trinajstić information content (AvgIpc) is 3.42. The van der Waals surface area contributed by atoms with Gasteiger partial charge in [-0.15, -0.1) is 12.4 Å². The van der Waals surface area contributed by atoms with Crippen LogP contribution >= 0.6 is 12.4 Å². The minimum Gasteiger partial charge on any atom is -0.472 e. The normalized spacial score (nSPS) is 20.9. The second-order valence-electron chi connectivity index (χ2n) is 10.3. The van der Waals surface area contributed by atoms with Crippen LogP contribution in [0.5, 0.6) is 0 Å². The molecule has 5 rings (SSSR count). The molecule has 0 bridgehead atoms. The molecule has 2 fully saturated rings. The summed E-state index contributed by atoms with van der Waals surface area (Å²) in [6.45, 7) is 13.7. The van der Waals surface area contributed by atoms with E-state index in [9.17, 15) is 0 Å². The van der Waals surface area contributed by atoms with Gasteiger partial charge in [-0.25, -0.2) is 0 Å². The third kappa shape index (κ3) is 5.90. The van der Waals surface area contributed by atoms with Crippen molar-refractivity contribution in [2.24, 2.45) is 5.41 Å². The quantitative estimate of drug-likeness (QED) is 0.450. The number of piperazine rings is 1. The van der Waals surface area contributed by atoms with Crippen molar-refractivity contribution in [3.8, 4) is 0 Å². The Morgan fingerprint density at radius 3 is 2.31 bits per heavy atom. The standard InChI is InChI=1S/C29H41N3O2.ClH/c1-3-29(4-2)10-7-25(8-11-29)27-21-26(31-16-19-33-20-17-31)5-6-28(27)32-14-12-30(13-15-32)22-24-9-18-34-23-24;/h5-7,9,18,21,23H,3-4,8,10-17,19-20,22H2,1-2H3;1H. The van der Waals surface area contributed by atoms with Gasteiger partial charge in [0.25, 0.3) is 0 Å². The molecule has 2 aromatic rings. The smallest absolute Gasteiger partial charge is 0.0947 e. The molecule has 0 N–H and O–H groups in total. The molecule has 3 aliphatic rings. The SMILES string of the molecule is CCC1(CC)CC=C(c2cc(N3CCOCC3)ccc2N2CCN(Cc3ccoc3)CC2)CC1.Cl. The lowest BCUT2D eigenvalue weighted by molar-refractivity contribution is 0.122. The number of morpholine rings is 1. The molecule has 5 nitrogen and oxygen atoms in total. The van der Waals surface area contributed by atoms with Crippen LogP contribution in [0.4, 0.5) is 11.4 Å². The fourth-order valence-electron chi connectivity index (χ4n) is 5.94. The number of furan rings is 1. The summed E-state index contributed by atoms with van der Waals surface area (Å²) in [4.78, 5) is 7.65. The minimum atomic E-state index is 0. The van der Waals surface area contributed by atoms with Crippen LogP contribution in [0.1, 0.15) is 57.1 Å². The third-order valence-corrected chi connectivity index (χ3v) is 8.61. The summed E-state index contributed by atoms with van der Waals surface area (Å²) < 4.78 is 10.9. The highest BCUT2D eigenvalue weighted by atomic mass is 35.5. The number of ether oxygens (including phenoxy) is 1. The Labute approximate surface area is 217 Å². The van der Waals surface area contributed by atoms with Crippen molar-refractivity contribution < 1.29 is 9.15 Å². The van der Waals surface area contributed by atoms with Crippen LogP contribution in [0.2, 0.25) is 0 Å². The number of anilines is 2. The van der Waals surface area contributed by atoms with Gasteiger partial charge in [0.05, 0.1) is 25.7 Å². The van der Waals surface area contributed by atoms with E-state index in [0.29, 0.717) is 5.41 Å². The van der Waals surface area contributed by atoms with Gasteiger partial charge >= 0.3 is 0 Å². The number of halogens is 1. The monoisotopic (exact) mass is 499 g/mol. The van der Waals surface area contributed by atoms with E-state index in [1.165, 1.54) is 54.6 Å². The van der Waals surface area contributed by atoms with E-state index in [1.807, 2.05) is 6.26 Å². The molecule has 1 aliphatic carbocycles. The molecule has 1 aromatic heterocycles. The zero-order chi connectivity index (χ0) is 23.4. The van der Waals surface area contributed by atoms with Crippen LogP contribution in [-0.2, 0) is 11.3 Å². The number of hydrogen-bond acceptors (Lipinski definition) is 5. The lowest BCUT2D eigenvalue weighted by atomic mass is 9.70. The highest BCUT2D eigenvalue weighted by molar-refractivity contribution is 5.85. The first kappa shape index (κ1) is 26.1.